The fourth-order valence-corrected chi connectivity index (χ4v) is 2.94. The predicted molar refractivity (Wildman–Crippen MR) is 92.9 cm³/mol. The van der Waals surface area contributed by atoms with E-state index in [0.29, 0.717) is 17.5 Å². The van der Waals surface area contributed by atoms with E-state index in [1.807, 2.05) is 0 Å². The molecule has 2 heterocycles. The van der Waals surface area contributed by atoms with Gasteiger partial charge in [0.15, 0.2) is 0 Å². The first-order valence-electron chi connectivity index (χ1n) is 7.80. The van der Waals surface area contributed by atoms with Crippen LogP contribution in [0.4, 0.5) is 0 Å². The minimum Gasteiger partial charge on any atom is -0.394 e. The summed E-state index contributed by atoms with van der Waals surface area (Å²) < 4.78 is 13.3. The van der Waals surface area contributed by atoms with Crippen LogP contribution in [-0.2, 0) is 16.0 Å². The Kier molecular flexibility index (Phi) is 7.21. The molecule has 1 saturated heterocycles. The maximum Gasteiger partial charge on any atom is 0.333 e. The second kappa shape index (κ2) is 9.16. The average Bonchev–Trinajstić information content (AvgIpc) is 3.00. The van der Waals surface area contributed by atoms with Crippen molar-refractivity contribution in [2.75, 3.05) is 25.2 Å². The first kappa shape index (κ1) is 19.7. The maximum atomic E-state index is 12.7. The largest absolute Gasteiger partial charge is 0.394 e. The summed E-state index contributed by atoms with van der Waals surface area (Å²) in [6, 6.07) is -0.574. The first-order chi connectivity index (χ1) is 12.0. The number of aliphatic hydroxyl groups is 1. The molecule has 25 heavy (non-hydrogen) atoms. The number of azide groups is 1. The number of aliphatic hydroxyl groups excluding tert-OH is 1. The molecule has 1 fully saturated rings. The summed E-state index contributed by atoms with van der Waals surface area (Å²) in [7, 11) is 0. The second-order valence-corrected chi connectivity index (χ2v) is 6.37. The van der Waals surface area contributed by atoms with Crippen LogP contribution in [0.25, 0.3) is 10.4 Å². The van der Waals surface area contributed by atoms with Crippen molar-refractivity contribution >= 4 is 15.9 Å². The zero-order valence-corrected chi connectivity index (χ0v) is 15.3. The van der Waals surface area contributed by atoms with Crippen molar-refractivity contribution in [1.29, 1.82) is 0 Å². The molecule has 0 saturated carbocycles. The summed E-state index contributed by atoms with van der Waals surface area (Å²) in [4.78, 5) is 27.7. The highest BCUT2D eigenvalue weighted by Gasteiger charge is 2.36. The number of aromatic nitrogens is 2. The SMILES string of the molecule is Cc1cn([C@H]2C[C@H](N=[N+]=[N-])[C@@H](CO)O2)c(=O)n(CCOCCBr)c1=O. The van der Waals surface area contributed by atoms with E-state index in [4.69, 9.17) is 15.0 Å². The van der Waals surface area contributed by atoms with Crippen LogP contribution in [-0.4, -0.2) is 51.5 Å². The van der Waals surface area contributed by atoms with Crippen molar-refractivity contribution < 1.29 is 14.6 Å². The Morgan fingerprint density at radius 2 is 2.28 bits per heavy atom. The van der Waals surface area contributed by atoms with Gasteiger partial charge in [0.1, 0.15) is 6.23 Å². The summed E-state index contributed by atoms with van der Waals surface area (Å²) in [5.74, 6) is 0. The van der Waals surface area contributed by atoms with E-state index in [2.05, 4.69) is 26.0 Å². The lowest BCUT2D eigenvalue weighted by atomic mass is 10.1. The van der Waals surface area contributed by atoms with Gasteiger partial charge in [-0.2, -0.15) is 0 Å². The highest BCUT2D eigenvalue weighted by Crippen LogP contribution is 2.29. The Hall–Kier alpha value is -1.65. The Bertz CT molecular complexity index is 757. The van der Waals surface area contributed by atoms with Crippen molar-refractivity contribution in [3.05, 3.63) is 43.0 Å². The zero-order valence-electron chi connectivity index (χ0n) is 13.7. The molecule has 1 aliphatic heterocycles. The summed E-state index contributed by atoms with van der Waals surface area (Å²) in [5, 5.41) is 13.6. The van der Waals surface area contributed by atoms with Gasteiger partial charge in [-0.25, -0.2) is 4.79 Å². The standard InChI is InChI=1S/C14H20BrN5O5/c1-9-7-20(12-6-10(17-18-16)11(8-21)25-12)14(23)19(13(9)22)3-5-24-4-2-15/h7,10-12,21H,2-6,8H2,1H3/t10-,11+,12+/m0/s1. The van der Waals surface area contributed by atoms with E-state index >= 15 is 0 Å². The number of rotatable bonds is 8. The molecule has 0 bridgehead atoms. The third-order valence-corrected chi connectivity index (χ3v) is 4.27. The second-order valence-electron chi connectivity index (χ2n) is 5.58. The highest BCUT2D eigenvalue weighted by molar-refractivity contribution is 9.09. The molecule has 2 rings (SSSR count). The van der Waals surface area contributed by atoms with Gasteiger partial charge in [0, 0.05) is 28.4 Å². The first-order valence-corrected chi connectivity index (χ1v) is 8.92. The summed E-state index contributed by atoms with van der Waals surface area (Å²) in [6.45, 7) is 2.12. The molecule has 0 radical (unpaired) electrons. The normalized spacial score (nSPS) is 22.8. The lowest BCUT2D eigenvalue weighted by molar-refractivity contribution is -0.0279. The van der Waals surface area contributed by atoms with Crippen molar-refractivity contribution in [3.63, 3.8) is 0 Å². The maximum absolute atomic E-state index is 12.7. The number of hydrogen-bond acceptors (Lipinski definition) is 6. The van der Waals surface area contributed by atoms with Crippen LogP contribution < -0.4 is 11.2 Å². The average molecular weight is 418 g/mol. The van der Waals surface area contributed by atoms with Crippen molar-refractivity contribution in [3.8, 4) is 0 Å². The van der Waals surface area contributed by atoms with Gasteiger partial charge in [-0.3, -0.25) is 13.9 Å². The van der Waals surface area contributed by atoms with E-state index in [9.17, 15) is 14.7 Å². The smallest absolute Gasteiger partial charge is 0.333 e. The van der Waals surface area contributed by atoms with Gasteiger partial charge < -0.3 is 14.6 Å². The quantitative estimate of drug-likeness (QED) is 0.218. The number of alkyl halides is 1. The van der Waals surface area contributed by atoms with E-state index in [-0.39, 0.29) is 31.7 Å². The molecule has 1 aromatic rings. The van der Waals surface area contributed by atoms with Crippen LogP contribution in [0, 0.1) is 6.92 Å². The summed E-state index contributed by atoms with van der Waals surface area (Å²) >= 11 is 3.23. The number of ether oxygens (including phenoxy) is 2. The molecule has 0 amide bonds. The lowest BCUT2D eigenvalue weighted by Gasteiger charge is -2.17. The van der Waals surface area contributed by atoms with Gasteiger partial charge in [-0.05, 0) is 12.5 Å². The van der Waals surface area contributed by atoms with Crippen LogP contribution in [0.15, 0.2) is 20.9 Å². The molecule has 11 heteroatoms. The van der Waals surface area contributed by atoms with Gasteiger partial charge in [-0.15, -0.1) is 0 Å². The van der Waals surface area contributed by atoms with Crippen LogP contribution in [0.1, 0.15) is 18.2 Å². The third-order valence-electron chi connectivity index (χ3n) is 3.94. The molecule has 3 atom stereocenters. The summed E-state index contributed by atoms with van der Waals surface area (Å²) in [6.07, 6.45) is 0.273. The lowest BCUT2D eigenvalue weighted by Crippen LogP contribution is -2.43. The molecule has 1 aromatic heterocycles. The molecular formula is C14H20BrN5O5. The van der Waals surface area contributed by atoms with Crippen LogP contribution >= 0.6 is 15.9 Å². The predicted octanol–water partition coefficient (Wildman–Crippen LogP) is 0.689. The van der Waals surface area contributed by atoms with E-state index in [1.165, 1.54) is 10.8 Å². The minimum atomic E-state index is -0.714. The van der Waals surface area contributed by atoms with Crippen molar-refractivity contribution in [2.24, 2.45) is 5.11 Å². The highest BCUT2D eigenvalue weighted by atomic mass is 79.9. The summed E-state index contributed by atoms with van der Waals surface area (Å²) in [5.41, 5.74) is 8.08. The third kappa shape index (κ3) is 4.50. The number of halogens is 1. The fraction of sp³-hybridized carbons (Fsp3) is 0.714. The van der Waals surface area contributed by atoms with E-state index in [1.54, 1.807) is 6.92 Å². The van der Waals surface area contributed by atoms with Gasteiger partial charge in [0.05, 0.1) is 38.5 Å². The van der Waals surface area contributed by atoms with E-state index in [0.717, 1.165) is 4.57 Å². The fourth-order valence-electron chi connectivity index (χ4n) is 2.71. The van der Waals surface area contributed by atoms with Crippen LogP contribution in [0.5, 0.6) is 0 Å². The number of aryl methyl sites for hydroxylation is 1. The Labute approximate surface area is 151 Å². The molecular weight excluding hydrogens is 398 g/mol. The van der Waals surface area contributed by atoms with E-state index < -0.39 is 24.1 Å². The molecule has 138 valence electrons. The Morgan fingerprint density at radius 3 is 2.92 bits per heavy atom. The van der Waals surface area contributed by atoms with Gasteiger partial charge >= 0.3 is 5.69 Å². The molecule has 0 aromatic carbocycles. The molecule has 1 N–H and O–H groups in total. The molecule has 0 spiro atoms. The molecule has 0 aliphatic carbocycles. The monoisotopic (exact) mass is 417 g/mol. The van der Waals surface area contributed by atoms with Gasteiger partial charge in [-0.1, -0.05) is 21.0 Å². The van der Waals surface area contributed by atoms with Crippen LogP contribution in [0.3, 0.4) is 0 Å². The van der Waals surface area contributed by atoms with Crippen LogP contribution in [0.2, 0.25) is 0 Å². The Balaban J connectivity index is 2.30. The number of nitrogens with zero attached hydrogens (tertiary/aromatic N) is 5. The minimum absolute atomic E-state index is 0.127. The van der Waals surface area contributed by atoms with Crippen molar-refractivity contribution in [2.45, 2.75) is 38.3 Å². The number of hydrogen-bond donors (Lipinski definition) is 1. The zero-order chi connectivity index (χ0) is 18.4. The Morgan fingerprint density at radius 1 is 1.52 bits per heavy atom. The van der Waals surface area contributed by atoms with Gasteiger partial charge in [0.2, 0.25) is 0 Å². The topological polar surface area (TPSA) is 131 Å². The molecule has 1 aliphatic rings. The van der Waals surface area contributed by atoms with Crippen molar-refractivity contribution in [1.82, 2.24) is 9.13 Å². The van der Waals surface area contributed by atoms with Gasteiger partial charge in [0.25, 0.3) is 5.56 Å². The molecule has 0 unspecified atom stereocenters. The molecule has 10 nitrogen and oxygen atoms in total.